The Hall–Kier alpha value is -1.32. The van der Waals surface area contributed by atoms with Crippen LogP contribution in [0.25, 0.3) is 10.9 Å². The number of aromatic nitrogens is 1. The smallest absolute Gasteiger partial charge is 0.0484 e. The molecule has 19 heavy (non-hydrogen) atoms. The summed E-state index contributed by atoms with van der Waals surface area (Å²) < 4.78 is 2.23. The molecule has 3 heteroatoms. The monoisotopic (exact) mass is 257 g/mol. The van der Waals surface area contributed by atoms with Crippen LogP contribution in [0.2, 0.25) is 0 Å². The maximum absolute atomic E-state index is 5.73. The van der Waals surface area contributed by atoms with Gasteiger partial charge >= 0.3 is 0 Å². The van der Waals surface area contributed by atoms with E-state index in [0.29, 0.717) is 6.54 Å². The van der Waals surface area contributed by atoms with Gasteiger partial charge in [0.25, 0.3) is 0 Å². The third kappa shape index (κ3) is 2.53. The maximum atomic E-state index is 5.73. The zero-order valence-electron chi connectivity index (χ0n) is 11.7. The van der Waals surface area contributed by atoms with Crippen molar-refractivity contribution in [3.8, 4) is 0 Å². The van der Waals surface area contributed by atoms with E-state index in [4.69, 9.17) is 5.73 Å². The van der Waals surface area contributed by atoms with Crippen LogP contribution in [0, 0.1) is 0 Å². The van der Waals surface area contributed by atoms with Crippen molar-refractivity contribution in [1.82, 2.24) is 9.47 Å². The quantitative estimate of drug-likeness (QED) is 0.917. The van der Waals surface area contributed by atoms with Crippen LogP contribution >= 0.6 is 0 Å². The van der Waals surface area contributed by atoms with Gasteiger partial charge in [-0.05, 0) is 43.1 Å². The second-order valence-electron chi connectivity index (χ2n) is 5.66. The summed E-state index contributed by atoms with van der Waals surface area (Å²) in [4.78, 5) is 2.58. The number of fused-ring (bicyclic) bond motifs is 1. The van der Waals surface area contributed by atoms with E-state index < -0.39 is 0 Å². The van der Waals surface area contributed by atoms with Gasteiger partial charge in [0.15, 0.2) is 0 Å². The number of nitrogens with two attached hydrogens (primary N) is 1. The third-order valence-corrected chi connectivity index (χ3v) is 4.22. The van der Waals surface area contributed by atoms with E-state index in [2.05, 4.69) is 40.9 Å². The number of hydrogen-bond donors (Lipinski definition) is 1. The van der Waals surface area contributed by atoms with Crippen molar-refractivity contribution in [3.05, 3.63) is 35.5 Å². The lowest BCUT2D eigenvalue weighted by Crippen LogP contribution is -2.28. The number of hydrogen-bond acceptors (Lipinski definition) is 2. The molecule has 1 saturated heterocycles. The number of piperidine rings is 1. The van der Waals surface area contributed by atoms with Crippen molar-refractivity contribution < 1.29 is 0 Å². The zero-order valence-corrected chi connectivity index (χ0v) is 11.7. The third-order valence-electron chi connectivity index (χ3n) is 4.22. The molecule has 0 unspecified atom stereocenters. The standard InChI is InChI=1S/C16H23N3/c1-18-11-14(12-19-7-3-2-4-8-19)15-6-5-13(10-17)9-16(15)18/h5-6,9,11H,2-4,7-8,10,12,17H2,1H3. The molecule has 2 N–H and O–H groups in total. The summed E-state index contributed by atoms with van der Waals surface area (Å²) in [6, 6.07) is 6.61. The number of aryl methyl sites for hydroxylation is 1. The predicted molar refractivity (Wildman–Crippen MR) is 79.9 cm³/mol. The molecular weight excluding hydrogens is 234 g/mol. The minimum Gasteiger partial charge on any atom is -0.350 e. The van der Waals surface area contributed by atoms with Crippen molar-refractivity contribution in [1.29, 1.82) is 0 Å². The average Bonchev–Trinajstić information content (AvgIpc) is 2.76. The summed E-state index contributed by atoms with van der Waals surface area (Å²) in [5.74, 6) is 0. The minimum atomic E-state index is 0.614. The highest BCUT2D eigenvalue weighted by atomic mass is 15.1. The predicted octanol–water partition coefficient (Wildman–Crippen LogP) is 2.62. The second kappa shape index (κ2) is 5.35. The number of likely N-dealkylation sites (tertiary alicyclic amines) is 1. The van der Waals surface area contributed by atoms with E-state index in [1.54, 1.807) is 0 Å². The van der Waals surface area contributed by atoms with E-state index in [1.807, 2.05) is 0 Å². The van der Waals surface area contributed by atoms with Gasteiger partial charge in [0.05, 0.1) is 0 Å². The Kier molecular flexibility index (Phi) is 3.58. The minimum absolute atomic E-state index is 0.614. The Labute approximate surface area is 115 Å². The van der Waals surface area contributed by atoms with Gasteiger partial charge in [0, 0.05) is 37.2 Å². The van der Waals surface area contributed by atoms with Crippen molar-refractivity contribution in [2.45, 2.75) is 32.4 Å². The molecule has 2 heterocycles. The van der Waals surface area contributed by atoms with E-state index in [1.165, 1.54) is 54.4 Å². The molecule has 0 aliphatic carbocycles. The molecule has 0 saturated carbocycles. The van der Waals surface area contributed by atoms with Gasteiger partial charge in [-0.15, -0.1) is 0 Å². The van der Waals surface area contributed by atoms with Crippen LogP contribution in [-0.4, -0.2) is 22.6 Å². The van der Waals surface area contributed by atoms with Crippen LogP contribution in [0.1, 0.15) is 30.4 Å². The molecule has 1 aliphatic heterocycles. The van der Waals surface area contributed by atoms with E-state index >= 15 is 0 Å². The van der Waals surface area contributed by atoms with Gasteiger partial charge in [-0.3, -0.25) is 4.90 Å². The molecule has 2 aromatic rings. The summed E-state index contributed by atoms with van der Waals surface area (Å²) >= 11 is 0. The fraction of sp³-hybridized carbons (Fsp3) is 0.500. The first-order valence-electron chi connectivity index (χ1n) is 7.27. The average molecular weight is 257 g/mol. The van der Waals surface area contributed by atoms with E-state index in [9.17, 15) is 0 Å². The van der Waals surface area contributed by atoms with Crippen molar-refractivity contribution in [2.24, 2.45) is 12.8 Å². The summed E-state index contributed by atoms with van der Waals surface area (Å²) in [6.07, 6.45) is 6.37. The largest absolute Gasteiger partial charge is 0.350 e. The number of nitrogens with zero attached hydrogens (tertiary/aromatic N) is 2. The molecule has 3 rings (SSSR count). The second-order valence-corrected chi connectivity index (χ2v) is 5.66. The summed E-state index contributed by atoms with van der Waals surface area (Å²) in [5.41, 5.74) is 9.68. The molecule has 0 atom stereocenters. The number of benzene rings is 1. The van der Waals surface area contributed by atoms with Crippen molar-refractivity contribution >= 4 is 10.9 Å². The van der Waals surface area contributed by atoms with Crippen LogP contribution in [0.3, 0.4) is 0 Å². The summed E-state index contributed by atoms with van der Waals surface area (Å²) in [5, 5.41) is 1.38. The Morgan fingerprint density at radius 1 is 1.16 bits per heavy atom. The summed E-state index contributed by atoms with van der Waals surface area (Å²) in [7, 11) is 2.13. The maximum Gasteiger partial charge on any atom is 0.0484 e. The molecule has 1 fully saturated rings. The molecule has 0 amide bonds. The van der Waals surface area contributed by atoms with Crippen LogP contribution in [0.15, 0.2) is 24.4 Å². The molecule has 0 spiro atoms. The molecule has 1 aromatic carbocycles. The fourth-order valence-electron chi connectivity index (χ4n) is 3.12. The van der Waals surface area contributed by atoms with Gasteiger partial charge in [-0.25, -0.2) is 0 Å². The van der Waals surface area contributed by atoms with Gasteiger partial charge in [0.1, 0.15) is 0 Å². The fourth-order valence-corrected chi connectivity index (χ4v) is 3.12. The Bertz CT molecular complexity index is 565. The SMILES string of the molecule is Cn1cc(CN2CCCCC2)c2ccc(CN)cc21. The Balaban J connectivity index is 1.90. The molecule has 0 radical (unpaired) electrons. The summed E-state index contributed by atoms with van der Waals surface area (Å²) in [6.45, 7) is 4.19. The highest BCUT2D eigenvalue weighted by Crippen LogP contribution is 2.24. The Morgan fingerprint density at radius 2 is 1.95 bits per heavy atom. The lowest BCUT2D eigenvalue weighted by atomic mass is 10.1. The first kappa shape index (κ1) is 12.7. The molecule has 0 bridgehead atoms. The Morgan fingerprint density at radius 3 is 2.68 bits per heavy atom. The molecule has 1 aromatic heterocycles. The van der Waals surface area contributed by atoms with Crippen LogP contribution in [0.5, 0.6) is 0 Å². The first-order valence-corrected chi connectivity index (χ1v) is 7.27. The molecule has 3 nitrogen and oxygen atoms in total. The van der Waals surface area contributed by atoms with Crippen LogP contribution in [-0.2, 0) is 20.1 Å². The highest BCUT2D eigenvalue weighted by molar-refractivity contribution is 5.84. The highest BCUT2D eigenvalue weighted by Gasteiger charge is 2.14. The zero-order chi connectivity index (χ0) is 13.2. The van der Waals surface area contributed by atoms with Crippen molar-refractivity contribution in [3.63, 3.8) is 0 Å². The van der Waals surface area contributed by atoms with Crippen molar-refractivity contribution in [2.75, 3.05) is 13.1 Å². The van der Waals surface area contributed by atoms with E-state index in [-0.39, 0.29) is 0 Å². The van der Waals surface area contributed by atoms with Gasteiger partial charge < -0.3 is 10.3 Å². The van der Waals surface area contributed by atoms with E-state index in [0.717, 1.165) is 6.54 Å². The lowest BCUT2D eigenvalue weighted by Gasteiger charge is -2.26. The topological polar surface area (TPSA) is 34.2 Å². The molecular formula is C16H23N3. The molecule has 102 valence electrons. The first-order chi connectivity index (χ1) is 9.28. The van der Waals surface area contributed by atoms with Crippen LogP contribution in [0.4, 0.5) is 0 Å². The van der Waals surface area contributed by atoms with Gasteiger partial charge in [-0.2, -0.15) is 0 Å². The van der Waals surface area contributed by atoms with Crippen LogP contribution < -0.4 is 5.73 Å². The number of rotatable bonds is 3. The van der Waals surface area contributed by atoms with Gasteiger partial charge in [-0.1, -0.05) is 18.6 Å². The molecule has 1 aliphatic rings. The lowest BCUT2D eigenvalue weighted by molar-refractivity contribution is 0.221. The van der Waals surface area contributed by atoms with Gasteiger partial charge in [0.2, 0.25) is 0 Å². The normalized spacial score (nSPS) is 17.2.